The van der Waals surface area contributed by atoms with E-state index in [2.05, 4.69) is 4.99 Å². The van der Waals surface area contributed by atoms with Crippen LogP contribution in [0.25, 0.3) is 6.08 Å². The molecule has 26 heavy (non-hydrogen) atoms. The monoisotopic (exact) mass is 341 g/mol. The Bertz CT molecular complexity index is 911. The fourth-order valence-electron chi connectivity index (χ4n) is 2.45. The largest absolute Gasteiger partial charge is 0.497 e. The van der Waals surface area contributed by atoms with Crippen LogP contribution in [0.1, 0.15) is 21.5 Å². The van der Waals surface area contributed by atoms with E-state index in [4.69, 9.17) is 4.74 Å². The van der Waals surface area contributed by atoms with Crippen molar-refractivity contribution >= 4 is 17.7 Å². The summed E-state index contributed by atoms with van der Waals surface area (Å²) in [6, 6.07) is 26.5. The summed E-state index contributed by atoms with van der Waals surface area (Å²) in [4.78, 5) is 16.9. The standard InChI is InChI=1S/C23H19NO2/c1-26-21-15-13-19(14-16-21)22(17-12-18-8-4-2-5-9-18)24-23(25)20-10-6-3-7-11-20/h2-17H,1H3/b17-12+,24-22?. The van der Waals surface area contributed by atoms with Crippen molar-refractivity contribution in [3.63, 3.8) is 0 Å². The molecule has 3 nitrogen and oxygen atoms in total. The molecule has 0 bridgehead atoms. The highest BCUT2D eigenvalue weighted by molar-refractivity contribution is 6.17. The first-order valence-electron chi connectivity index (χ1n) is 8.32. The van der Waals surface area contributed by atoms with Gasteiger partial charge in [-0.25, -0.2) is 4.99 Å². The first-order chi connectivity index (χ1) is 12.8. The number of carbonyl (C=O) groups excluding carboxylic acids is 1. The van der Waals surface area contributed by atoms with Crippen molar-refractivity contribution in [2.75, 3.05) is 7.11 Å². The molecule has 0 spiro atoms. The smallest absolute Gasteiger partial charge is 0.277 e. The Balaban J connectivity index is 1.96. The van der Waals surface area contributed by atoms with E-state index in [0.717, 1.165) is 16.9 Å². The molecule has 0 heterocycles. The van der Waals surface area contributed by atoms with E-state index in [-0.39, 0.29) is 5.91 Å². The van der Waals surface area contributed by atoms with E-state index in [1.54, 1.807) is 19.2 Å². The van der Waals surface area contributed by atoms with Crippen LogP contribution in [0.15, 0.2) is 96.0 Å². The highest BCUT2D eigenvalue weighted by Crippen LogP contribution is 2.14. The van der Waals surface area contributed by atoms with E-state index in [1.165, 1.54) is 0 Å². The van der Waals surface area contributed by atoms with Crippen molar-refractivity contribution in [3.05, 3.63) is 108 Å². The van der Waals surface area contributed by atoms with E-state index < -0.39 is 0 Å². The lowest BCUT2D eigenvalue weighted by atomic mass is 10.1. The number of hydrogen-bond acceptors (Lipinski definition) is 2. The number of methoxy groups -OCH3 is 1. The lowest BCUT2D eigenvalue weighted by molar-refractivity contribution is 0.100. The molecule has 1 amide bonds. The molecule has 0 aromatic heterocycles. The first-order valence-corrected chi connectivity index (χ1v) is 8.32. The zero-order valence-corrected chi connectivity index (χ0v) is 14.5. The average molecular weight is 341 g/mol. The summed E-state index contributed by atoms with van der Waals surface area (Å²) in [5.74, 6) is 0.489. The predicted octanol–water partition coefficient (Wildman–Crippen LogP) is 5.04. The Labute approximate surface area is 153 Å². The fraction of sp³-hybridized carbons (Fsp3) is 0.0435. The number of hydrogen-bond donors (Lipinski definition) is 0. The molecule has 3 aromatic carbocycles. The molecule has 0 saturated carbocycles. The molecule has 3 aromatic rings. The zero-order chi connectivity index (χ0) is 18.2. The molecule has 0 radical (unpaired) electrons. The minimum Gasteiger partial charge on any atom is -0.497 e. The van der Waals surface area contributed by atoms with Gasteiger partial charge in [0, 0.05) is 11.1 Å². The average Bonchev–Trinajstić information content (AvgIpc) is 2.72. The molecule has 0 aliphatic carbocycles. The number of amides is 1. The maximum Gasteiger partial charge on any atom is 0.277 e. The molecule has 0 saturated heterocycles. The second-order valence-electron chi connectivity index (χ2n) is 5.64. The maximum atomic E-state index is 12.5. The van der Waals surface area contributed by atoms with Gasteiger partial charge in [0.05, 0.1) is 12.8 Å². The normalized spacial score (nSPS) is 11.5. The summed E-state index contributed by atoms with van der Waals surface area (Å²) in [6.45, 7) is 0. The van der Waals surface area contributed by atoms with Gasteiger partial charge in [0.2, 0.25) is 0 Å². The van der Waals surface area contributed by atoms with Gasteiger partial charge in [0.1, 0.15) is 5.75 Å². The van der Waals surface area contributed by atoms with Gasteiger partial charge in [-0.05, 0) is 48.0 Å². The number of rotatable bonds is 5. The molecule has 0 fully saturated rings. The lowest BCUT2D eigenvalue weighted by Crippen LogP contribution is -2.03. The van der Waals surface area contributed by atoms with Crippen LogP contribution in [-0.4, -0.2) is 18.7 Å². The molecule has 128 valence electrons. The lowest BCUT2D eigenvalue weighted by Gasteiger charge is -2.05. The minimum absolute atomic E-state index is 0.269. The summed E-state index contributed by atoms with van der Waals surface area (Å²) in [6.07, 6.45) is 3.80. The van der Waals surface area contributed by atoms with Gasteiger partial charge in [-0.2, -0.15) is 0 Å². The summed E-state index contributed by atoms with van der Waals surface area (Å²) < 4.78 is 5.20. The molecule has 0 unspecified atom stereocenters. The van der Waals surface area contributed by atoms with E-state index in [1.807, 2.05) is 84.9 Å². The number of allylic oxidation sites excluding steroid dienone is 1. The molecule has 3 heteroatoms. The van der Waals surface area contributed by atoms with Gasteiger partial charge in [-0.15, -0.1) is 0 Å². The quantitative estimate of drug-likeness (QED) is 0.610. The van der Waals surface area contributed by atoms with Gasteiger partial charge in [0.15, 0.2) is 0 Å². The van der Waals surface area contributed by atoms with Crippen LogP contribution in [0.4, 0.5) is 0 Å². The summed E-state index contributed by atoms with van der Waals surface area (Å²) in [7, 11) is 1.62. The van der Waals surface area contributed by atoms with Crippen molar-refractivity contribution < 1.29 is 9.53 Å². The van der Waals surface area contributed by atoms with Gasteiger partial charge in [0.25, 0.3) is 5.91 Å². The molecule has 0 aliphatic heterocycles. The van der Waals surface area contributed by atoms with E-state index in [9.17, 15) is 4.79 Å². The molecule has 0 N–H and O–H groups in total. The van der Waals surface area contributed by atoms with E-state index in [0.29, 0.717) is 11.3 Å². The highest BCUT2D eigenvalue weighted by Gasteiger charge is 2.07. The Hall–Kier alpha value is -3.46. The van der Waals surface area contributed by atoms with Crippen molar-refractivity contribution in [2.24, 2.45) is 4.99 Å². The maximum absolute atomic E-state index is 12.5. The number of carbonyl (C=O) groups is 1. The van der Waals surface area contributed by atoms with Gasteiger partial charge < -0.3 is 4.74 Å². The van der Waals surface area contributed by atoms with Crippen molar-refractivity contribution in [3.8, 4) is 5.75 Å². The molecule has 0 atom stereocenters. The third kappa shape index (κ3) is 4.54. The summed E-state index contributed by atoms with van der Waals surface area (Å²) in [5.41, 5.74) is 3.06. The molecular weight excluding hydrogens is 322 g/mol. The van der Waals surface area contributed by atoms with Crippen LogP contribution in [0.5, 0.6) is 5.75 Å². The number of ether oxygens (including phenoxy) is 1. The Morgan fingerprint density at radius 1 is 0.808 bits per heavy atom. The van der Waals surface area contributed by atoms with Crippen LogP contribution >= 0.6 is 0 Å². The van der Waals surface area contributed by atoms with Crippen molar-refractivity contribution in [1.29, 1.82) is 0 Å². The van der Waals surface area contributed by atoms with Crippen molar-refractivity contribution in [1.82, 2.24) is 0 Å². The van der Waals surface area contributed by atoms with Crippen LogP contribution in [0.2, 0.25) is 0 Å². The predicted molar refractivity (Wildman–Crippen MR) is 106 cm³/mol. The SMILES string of the molecule is COc1ccc(C(/C=C/c2ccccc2)=NC(=O)c2ccccc2)cc1. The van der Waals surface area contributed by atoms with Crippen LogP contribution in [-0.2, 0) is 0 Å². The summed E-state index contributed by atoms with van der Waals surface area (Å²) in [5, 5.41) is 0. The number of benzene rings is 3. The first kappa shape index (κ1) is 17.4. The molecule has 3 rings (SSSR count). The molecule has 0 aliphatic rings. The van der Waals surface area contributed by atoms with Crippen molar-refractivity contribution in [2.45, 2.75) is 0 Å². The number of aliphatic imine (C=N–C) groups is 1. The summed E-state index contributed by atoms with van der Waals surface area (Å²) >= 11 is 0. The minimum atomic E-state index is -0.269. The van der Waals surface area contributed by atoms with Gasteiger partial charge >= 0.3 is 0 Å². The Morgan fingerprint density at radius 2 is 1.42 bits per heavy atom. The molecular formula is C23H19NO2. The Kier molecular flexibility index (Phi) is 5.73. The highest BCUT2D eigenvalue weighted by atomic mass is 16.5. The fourth-order valence-corrected chi connectivity index (χ4v) is 2.45. The van der Waals surface area contributed by atoms with Crippen LogP contribution in [0, 0.1) is 0 Å². The second-order valence-corrected chi connectivity index (χ2v) is 5.64. The van der Waals surface area contributed by atoms with E-state index >= 15 is 0 Å². The number of nitrogens with zero attached hydrogens (tertiary/aromatic N) is 1. The third-order valence-electron chi connectivity index (χ3n) is 3.86. The topological polar surface area (TPSA) is 38.7 Å². The third-order valence-corrected chi connectivity index (χ3v) is 3.86. The van der Waals surface area contributed by atoms with Crippen LogP contribution in [0.3, 0.4) is 0 Å². The van der Waals surface area contributed by atoms with Gasteiger partial charge in [-0.3, -0.25) is 4.79 Å². The van der Waals surface area contributed by atoms with Gasteiger partial charge in [-0.1, -0.05) is 54.6 Å². The Morgan fingerprint density at radius 3 is 2.04 bits per heavy atom. The van der Waals surface area contributed by atoms with Crippen LogP contribution < -0.4 is 4.74 Å². The second kappa shape index (κ2) is 8.58. The zero-order valence-electron chi connectivity index (χ0n) is 14.5.